The summed E-state index contributed by atoms with van der Waals surface area (Å²) in [6, 6.07) is 0. The number of amides is 2. The number of nitrogens with one attached hydrogen (secondary N) is 2. The quantitative estimate of drug-likeness (QED) is 0.729. The van der Waals surface area contributed by atoms with Gasteiger partial charge in [-0.1, -0.05) is 13.8 Å². The number of aryl methyl sites for hydroxylation is 1. The van der Waals surface area contributed by atoms with E-state index in [0.29, 0.717) is 38.3 Å². The van der Waals surface area contributed by atoms with Gasteiger partial charge in [-0.05, 0) is 25.2 Å². The number of aromatic nitrogens is 2. The van der Waals surface area contributed by atoms with Gasteiger partial charge in [-0.15, -0.1) is 0 Å². The second-order valence-corrected chi connectivity index (χ2v) is 9.53. The van der Waals surface area contributed by atoms with Crippen molar-refractivity contribution in [3.8, 4) is 0 Å². The van der Waals surface area contributed by atoms with Crippen LogP contribution in [0.15, 0.2) is 17.6 Å². The molecule has 0 bridgehead atoms. The van der Waals surface area contributed by atoms with Crippen LogP contribution < -0.4 is 10.6 Å². The van der Waals surface area contributed by atoms with Crippen molar-refractivity contribution in [1.82, 2.24) is 24.5 Å². The molecule has 2 rings (SSSR count). The standard InChI is InChI=1S/C18H31N5O4S/c1-14(2)11-20-18(25)15-5-4-9-23(10-7-16(24)19-8-6-15)28(26,27)17-12-22(3)13-21-17/h12-15H,4-11H2,1-3H3,(H,19,24)(H,20,25). The minimum Gasteiger partial charge on any atom is -0.356 e. The third-order valence-electron chi connectivity index (χ3n) is 4.70. The van der Waals surface area contributed by atoms with Gasteiger partial charge in [-0.3, -0.25) is 9.59 Å². The SMILES string of the molecule is CC(C)CNC(=O)C1CCCN(S(=O)(=O)c2cn(C)cn2)CCC(=O)NCC1. The van der Waals surface area contributed by atoms with E-state index in [0.717, 1.165) is 0 Å². The van der Waals surface area contributed by atoms with Crippen LogP contribution in [0, 0.1) is 11.8 Å². The van der Waals surface area contributed by atoms with Crippen molar-refractivity contribution in [2.45, 2.75) is 44.6 Å². The summed E-state index contributed by atoms with van der Waals surface area (Å²) >= 11 is 0. The maximum absolute atomic E-state index is 12.9. The topological polar surface area (TPSA) is 113 Å². The van der Waals surface area contributed by atoms with E-state index in [9.17, 15) is 18.0 Å². The first-order chi connectivity index (χ1) is 13.2. The van der Waals surface area contributed by atoms with Gasteiger partial charge in [0, 0.05) is 51.8 Å². The lowest BCUT2D eigenvalue weighted by molar-refractivity contribution is -0.126. The van der Waals surface area contributed by atoms with Crippen LogP contribution in [0.1, 0.15) is 39.5 Å². The number of sulfonamides is 1. The normalized spacial score (nSPS) is 20.4. The Bertz CT molecular complexity index is 775. The highest BCUT2D eigenvalue weighted by Crippen LogP contribution is 2.18. The Labute approximate surface area is 166 Å². The zero-order valence-corrected chi connectivity index (χ0v) is 17.7. The Hall–Kier alpha value is -1.94. The van der Waals surface area contributed by atoms with E-state index in [1.807, 2.05) is 13.8 Å². The molecule has 1 fully saturated rings. The van der Waals surface area contributed by atoms with Crippen molar-refractivity contribution < 1.29 is 18.0 Å². The molecule has 0 aromatic carbocycles. The first-order valence-corrected chi connectivity index (χ1v) is 11.2. The number of carbonyl (C=O) groups excluding carboxylic acids is 2. The lowest BCUT2D eigenvalue weighted by Gasteiger charge is -2.21. The molecule has 1 aromatic heterocycles. The second-order valence-electron chi connectivity index (χ2n) is 7.65. The summed E-state index contributed by atoms with van der Waals surface area (Å²) in [4.78, 5) is 28.5. The van der Waals surface area contributed by atoms with E-state index in [4.69, 9.17) is 0 Å². The summed E-state index contributed by atoms with van der Waals surface area (Å²) in [6.07, 6.45) is 4.61. The summed E-state index contributed by atoms with van der Waals surface area (Å²) in [7, 11) is -2.08. The largest absolute Gasteiger partial charge is 0.356 e. The van der Waals surface area contributed by atoms with E-state index < -0.39 is 10.0 Å². The molecule has 1 saturated heterocycles. The van der Waals surface area contributed by atoms with E-state index in [-0.39, 0.29) is 42.3 Å². The Morgan fingerprint density at radius 1 is 1.36 bits per heavy atom. The molecule has 0 saturated carbocycles. The molecule has 0 aliphatic carbocycles. The summed E-state index contributed by atoms with van der Waals surface area (Å²) in [5.41, 5.74) is 0. The molecule has 0 radical (unpaired) electrons. The fourth-order valence-corrected chi connectivity index (χ4v) is 4.52. The highest BCUT2D eigenvalue weighted by molar-refractivity contribution is 7.89. The summed E-state index contributed by atoms with van der Waals surface area (Å²) in [6.45, 7) is 5.40. The van der Waals surface area contributed by atoms with Gasteiger partial charge < -0.3 is 15.2 Å². The monoisotopic (exact) mass is 413 g/mol. The molecular formula is C18H31N5O4S. The molecule has 2 N–H and O–H groups in total. The predicted octanol–water partition coefficient (Wildman–Crippen LogP) is 0.489. The number of hydrogen-bond acceptors (Lipinski definition) is 5. The average molecular weight is 414 g/mol. The molecule has 1 unspecified atom stereocenters. The number of carbonyl (C=O) groups is 2. The number of hydrogen-bond donors (Lipinski definition) is 2. The number of rotatable bonds is 5. The minimum atomic E-state index is -3.78. The van der Waals surface area contributed by atoms with Gasteiger partial charge in [0.25, 0.3) is 10.0 Å². The fourth-order valence-electron chi connectivity index (χ4n) is 3.08. The summed E-state index contributed by atoms with van der Waals surface area (Å²) in [5.74, 6) is -0.160. The molecule has 0 spiro atoms. The highest BCUT2D eigenvalue weighted by atomic mass is 32.2. The highest BCUT2D eigenvalue weighted by Gasteiger charge is 2.28. The predicted molar refractivity (Wildman–Crippen MR) is 105 cm³/mol. The first kappa shape index (κ1) is 22.4. The molecule has 28 heavy (non-hydrogen) atoms. The molecule has 2 heterocycles. The van der Waals surface area contributed by atoms with Crippen LogP contribution >= 0.6 is 0 Å². The first-order valence-electron chi connectivity index (χ1n) is 9.72. The van der Waals surface area contributed by atoms with Gasteiger partial charge in [-0.2, -0.15) is 4.31 Å². The fraction of sp³-hybridized carbons (Fsp3) is 0.722. The molecule has 1 aliphatic heterocycles. The molecule has 1 aromatic rings. The Morgan fingerprint density at radius 2 is 2.11 bits per heavy atom. The lowest BCUT2D eigenvalue weighted by Crippen LogP contribution is -2.36. The van der Waals surface area contributed by atoms with Crippen LogP contribution in [0.2, 0.25) is 0 Å². The van der Waals surface area contributed by atoms with Crippen LogP contribution in [0.25, 0.3) is 0 Å². The average Bonchev–Trinajstić information content (AvgIpc) is 3.05. The van der Waals surface area contributed by atoms with E-state index in [1.54, 1.807) is 11.6 Å². The molecule has 158 valence electrons. The van der Waals surface area contributed by atoms with Crippen LogP contribution in [-0.2, 0) is 26.7 Å². The third-order valence-corrected chi connectivity index (χ3v) is 6.49. The van der Waals surface area contributed by atoms with Gasteiger partial charge >= 0.3 is 0 Å². The van der Waals surface area contributed by atoms with Crippen molar-refractivity contribution in [1.29, 1.82) is 0 Å². The molecule has 9 nitrogen and oxygen atoms in total. The van der Waals surface area contributed by atoms with E-state index in [2.05, 4.69) is 15.6 Å². The van der Waals surface area contributed by atoms with Gasteiger partial charge in [0.1, 0.15) is 0 Å². The molecule has 10 heteroatoms. The molecular weight excluding hydrogens is 382 g/mol. The van der Waals surface area contributed by atoms with Crippen molar-refractivity contribution in [2.75, 3.05) is 26.2 Å². The van der Waals surface area contributed by atoms with Gasteiger partial charge in [0.2, 0.25) is 11.8 Å². The van der Waals surface area contributed by atoms with Gasteiger partial charge in [0.15, 0.2) is 5.03 Å². The minimum absolute atomic E-state index is 0.0310. The van der Waals surface area contributed by atoms with Crippen LogP contribution in [-0.4, -0.2) is 60.3 Å². The molecule has 1 aliphatic rings. The Balaban J connectivity index is 2.10. The van der Waals surface area contributed by atoms with Crippen molar-refractivity contribution in [3.05, 3.63) is 12.5 Å². The zero-order valence-electron chi connectivity index (χ0n) is 16.8. The van der Waals surface area contributed by atoms with E-state index in [1.165, 1.54) is 16.8 Å². The van der Waals surface area contributed by atoms with Gasteiger partial charge in [-0.25, -0.2) is 13.4 Å². The van der Waals surface area contributed by atoms with Crippen molar-refractivity contribution in [2.24, 2.45) is 18.9 Å². The maximum Gasteiger partial charge on any atom is 0.262 e. The van der Waals surface area contributed by atoms with Crippen LogP contribution in [0.3, 0.4) is 0 Å². The summed E-state index contributed by atoms with van der Waals surface area (Å²) < 4.78 is 28.6. The van der Waals surface area contributed by atoms with E-state index >= 15 is 0 Å². The van der Waals surface area contributed by atoms with Crippen LogP contribution in [0.4, 0.5) is 0 Å². The Morgan fingerprint density at radius 3 is 2.75 bits per heavy atom. The Kier molecular flexibility index (Phi) is 7.99. The van der Waals surface area contributed by atoms with Crippen molar-refractivity contribution in [3.63, 3.8) is 0 Å². The summed E-state index contributed by atoms with van der Waals surface area (Å²) in [5, 5.41) is 5.69. The molecule has 1 atom stereocenters. The third kappa shape index (κ3) is 6.30. The maximum atomic E-state index is 12.9. The zero-order chi connectivity index (χ0) is 20.7. The van der Waals surface area contributed by atoms with Crippen molar-refractivity contribution >= 4 is 21.8 Å². The number of imidazole rings is 1. The molecule has 2 amide bonds. The smallest absolute Gasteiger partial charge is 0.262 e. The second kappa shape index (κ2) is 10.0. The van der Waals surface area contributed by atoms with Crippen LogP contribution in [0.5, 0.6) is 0 Å². The van der Waals surface area contributed by atoms with Gasteiger partial charge in [0.05, 0.1) is 6.33 Å². The lowest BCUT2D eigenvalue weighted by atomic mass is 9.98. The number of nitrogens with zero attached hydrogens (tertiary/aromatic N) is 3.